The average Bonchev–Trinajstić information content (AvgIpc) is 2.83. The Labute approximate surface area is 124 Å². The lowest BCUT2D eigenvalue weighted by atomic mass is 10.1. The van der Waals surface area contributed by atoms with E-state index < -0.39 is 0 Å². The van der Waals surface area contributed by atoms with Gasteiger partial charge in [0.15, 0.2) is 11.5 Å². The van der Waals surface area contributed by atoms with Crippen LogP contribution in [0.1, 0.15) is 20.8 Å². The van der Waals surface area contributed by atoms with Crippen LogP contribution in [0, 0.1) is 12.7 Å². The summed E-state index contributed by atoms with van der Waals surface area (Å²) < 4.78 is 24.5. The molecule has 0 amide bonds. The quantitative estimate of drug-likeness (QED) is 0.748. The molecule has 1 atom stereocenters. The van der Waals surface area contributed by atoms with E-state index in [0.717, 1.165) is 10.4 Å². The Bertz CT molecular complexity index is 583. The number of methoxy groups -OCH3 is 2. The van der Waals surface area contributed by atoms with Crippen LogP contribution in [-0.4, -0.2) is 14.2 Å². The highest BCUT2D eigenvalue weighted by atomic mass is 79.9. The first kappa shape index (κ1) is 14.3. The molecule has 1 unspecified atom stereocenters. The van der Waals surface area contributed by atoms with Crippen molar-refractivity contribution in [2.75, 3.05) is 14.2 Å². The van der Waals surface area contributed by atoms with Gasteiger partial charge in [-0.1, -0.05) is 15.9 Å². The van der Waals surface area contributed by atoms with Crippen molar-refractivity contribution in [1.82, 2.24) is 0 Å². The van der Waals surface area contributed by atoms with Crippen LogP contribution in [0.25, 0.3) is 0 Å². The molecule has 0 N–H and O–H groups in total. The molecule has 0 saturated carbocycles. The van der Waals surface area contributed by atoms with Gasteiger partial charge >= 0.3 is 0 Å². The van der Waals surface area contributed by atoms with Crippen LogP contribution < -0.4 is 9.47 Å². The van der Waals surface area contributed by atoms with Crippen LogP contribution >= 0.6 is 27.3 Å². The zero-order valence-electron chi connectivity index (χ0n) is 10.9. The topological polar surface area (TPSA) is 18.5 Å². The molecule has 0 aliphatic rings. The van der Waals surface area contributed by atoms with Gasteiger partial charge < -0.3 is 9.47 Å². The second-order valence-corrected chi connectivity index (χ2v) is 5.92. The maximum absolute atomic E-state index is 14.2. The highest BCUT2D eigenvalue weighted by Crippen LogP contribution is 2.41. The van der Waals surface area contributed by atoms with Gasteiger partial charge in [-0.3, -0.25) is 0 Å². The van der Waals surface area contributed by atoms with Crippen LogP contribution in [0.5, 0.6) is 11.5 Å². The van der Waals surface area contributed by atoms with Gasteiger partial charge in [-0.2, -0.15) is 0 Å². The van der Waals surface area contributed by atoms with Gasteiger partial charge in [0.05, 0.1) is 19.0 Å². The fourth-order valence-corrected chi connectivity index (χ4v) is 3.80. The summed E-state index contributed by atoms with van der Waals surface area (Å²) in [4.78, 5) is 0.901. The summed E-state index contributed by atoms with van der Waals surface area (Å²) in [5, 5.41) is 2.00. The highest BCUT2D eigenvalue weighted by Gasteiger charge is 2.20. The smallest absolute Gasteiger partial charge is 0.163 e. The Morgan fingerprint density at radius 1 is 1.21 bits per heavy atom. The van der Waals surface area contributed by atoms with Gasteiger partial charge in [0, 0.05) is 16.5 Å². The molecule has 0 spiro atoms. The number of rotatable bonds is 4. The summed E-state index contributed by atoms with van der Waals surface area (Å²) in [6.07, 6.45) is 0. The van der Waals surface area contributed by atoms with Crippen LogP contribution in [0.2, 0.25) is 0 Å². The Kier molecular flexibility index (Phi) is 4.47. The van der Waals surface area contributed by atoms with E-state index in [2.05, 4.69) is 15.9 Å². The van der Waals surface area contributed by atoms with E-state index in [1.807, 2.05) is 18.4 Å². The molecule has 2 rings (SSSR count). The lowest BCUT2D eigenvalue weighted by Gasteiger charge is -2.15. The second-order valence-electron chi connectivity index (χ2n) is 4.06. The summed E-state index contributed by atoms with van der Waals surface area (Å²) in [5.74, 6) is 0.608. The predicted molar refractivity (Wildman–Crippen MR) is 79.3 cm³/mol. The number of aryl methyl sites for hydroxylation is 1. The van der Waals surface area contributed by atoms with Crippen LogP contribution in [0.4, 0.5) is 4.39 Å². The largest absolute Gasteiger partial charge is 0.493 e. The van der Waals surface area contributed by atoms with Gasteiger partial charge in [-0.05, 0) is 30.0 Å². The van der Waals surface area contributed by atoms with Crippen molar-refractivity contribution in [3.05, 3.63) is 45.4 Å². The first-order chi connectivity index (χ1) is 9.08. The minimum atomic E-state index is -0.313. The number of halogens is 2. The molecule has 1 heterocycles. The summed E-state index contributed by atoms with van der Waals surface area (Å²) >= 11 is 5.16. The molecular formula is C14H14BrFO2S. The number of ether oxygens (including phenoxy) is 2. The SMILES string of the molecule is COc1cc(F)c(C(Br)c2sccc2C)cc1OC. The molecule has 1 aromatic heterocycles. The minimum absolute atomic E-state index is 0.188. The average molecular weight is 345 g/mol. The third-order valence-electron chi connectivity index (χ3n) is 2.91. The van der Waals surface area contributed by atoms with Gasteiger partial charge in [0.25, 0.3) is 0 Å². The van der Waals surface area contributed by atoms with Gasteiger partial charge in [-0.15, -0.1) is 11.3 Å². The van der Waals surface area contributed by atoms with Crippen molar-refractivity contribution in [2.24, 2.45) is 0 Å². The Morgan fingerprint density at radius 3 is 2.37 bits per heavy atom. The first-order valence-electron chi connectivity index (χ1n) is 5.68. The zero-order valence-corrected chi connectivity index (χ0v) is 13.3. The number of thiophene rings is 1. The zero-order chi connectivity index (χ0) is 14.0. The molecular weight excluding hydrogens is 331 g/mol. The van der Waals surface area contributed by atoms with Crippen molar-refractivity contribution in [3.8, 4) is 11.5 Å². The summed E-state index contributed by atoms with van der Waals surface area (Å²) in [5.41, 5.74) is 1.68. The third-order valence-corrected chi connectivity index (χ3v) is 5.25. The molecule has 0 saturated heterocycles. The molecule has 19 heavy (non-hydrogen) atoms. The summed E-state index contributed by atoms with van der Waals surface area (Å²) in [6, 6.07) is 5.05. The van der Waals surface area contributed by atoms with Crippen molar-refractivity contribution in [1.29, 1.82) is 0 Å². The normalized spacial score (nSPS) is 12.3. The number of alkyl halides is 1. The van der Waals surface area contributed by atoms with Gasteiger partial charge in [0.1, 0.15) is 5.82 Å². The van der Waals surface area contributed by atoms with E-state index in [-0.39, 0.29) is 10.6 Å². The Morgan fingerprint density at radius 2 is 1.84 bits per heavy atom. The predicted octanol–water partition coefficient (Wildman–Crippen LogP) is 4.70. The Balaban J connectivity index is 2.48. The molecule has 2 nitrogen and oxygen atoms in total. The van der Waals surface area contributed by atoms with E-state index in [4.69, 9.17) is 9.47 Å². The lowest BCUT2D eigenvalue weighted by Crippen LogP contribution is -1.99. The molecule has 5 heteroatoms. The third kappa shape index (κ3) is 2.77. The van der Waals surface area contributed by atoms with Gasteiger partial charge in [0.2, 0.25) is 0 Å². The molecule has 0 bridgehead atoms. The number of hydrogen-bond donors (Lipinski definition) is 0. The van der Waals surface area contributed by atoms with Crippen LogP contribution in [0.3, 0.4) is 0 Å². The molecule has 0 aliphatic heterocycles. The van der Waals surface area contributed by atoms with Crippen molar-refractivity contribution in [2.45, 2.75) is 11.8 Å². The number of hydrogen-bond acceptors (Lipinski definition) is 3. The monoisotopic (exact) mass is 344 g/mol. The van der Waals surface area contributed by atoms with Crippen molar-refractivity contribution < 1.29 is 13.9 Å². The minimum Gasteiger partial charge on any atom is -0.493 e. The second kappa shape index (κ2) is 5.92. The van der Waals surface area contributed by atoms with Gasteiger partial charge in [-0.25, -0.2) is 4.39 Å². The molecule has 0 aliphatic carbocycles. The van der Waals surface area contributed by atoms with Crippen LogP contribution in [0.15, 0.2) is 23.6 Å². The highest BCUT2D eigenvalue weighted by molar-refractivity contribution is 9.09. The summed E-state index contributed by atoms with van der Waals surface area (Å²) in [6.45, 7) is 2.01. The Hall–Kier alpha value is -1.07. The van der Waals surface area contributed by atoms with E-state index >= 15 is 0 Å². The fraction of sp³-hybridized carbons (Fsp3) is 0.286. The standard InChI is InChI=1S/C14H14BrFO2S/c1-8-4-5-19-14(8)13(15)9-6-11(17-2)12(18-3)7-10(9)16/h4-7,13H,1-3H3. The van der Waals surface area contributed by atoms with E-state index in [0.29, 0.717) is 17.1 Å². The fourth-order valence-electron chi connectivity index (χ4n) is 1.85. The number of benzene rings is 1. The molecule has 1 aromatic carbocycles. The molecule has 0 fully saturated rings. The van der Waals surface area contributed by atoms with Crippen LogP contribution in [-0.2, 0) is 0 Å². The van der Waals surface area contributed by atoms with Crippen molar-refractivity contribution >= 4 is 27.3 Å². The molecule has 2 aromatic rings. The summed E-state index contributed by atoms with van der Waals surface area (Å²) in [7, 11) is 3.03. The molecule has 102 valence electrons. The van der Waals surface area contributed by atoms with E-state index in [1.54, 1.807) is 24.5 Å². The molecule has 0 radical (unpaired) electrons. The maximum atomic E-state index is 14.2. The maximum Gasteiger partial charge on any atom is 0.163 e. The first-order valence-corrected chi connectivity index (χ1v) is 7.47. The van der Waals surface area contributed by atoms with E-state index in [9.17, 15) is 4.39 Å². The van der Waals surface area contributed by atoms with E-state index in [1.165, 1.54) is 13.2 Å². The lowest BCUT2D eigenvalue weighted by molar-refractivity contribution is 0.351. The van der Waals surface area contributed by atoms with Crippen molar-refractivity contribution in [3.63, 3.8) is 0 Å².